The van der Waals surface area contributed by atoms with Gasteiger partial charge in [0, 0.05) is 22.4 Å². The second-order valence-corrected chi connectivity index (χ2v) is 6.78. The predicted octanol–water partition coefficient (Wildman–Crippen LogP) is 4.91. The molecule has 1 aliphatic rings. The summed E-state index contributed by atoms with van der Waals surface area (Å²) in [7, 11) is 0. The second-order valence-electron chi connectivity index (χ2n) is 5.86. The molecule has 1 fully saturated rings. The third-order valence-corrected chi connectivity index (χ3v) is 5.40. The Morgan fingerprint density at radius 2 is 2.05 bits per heavy atom. The number of hydrogen-bond donors (Lipinski definition) is 1. The third kappa shape index (κ3) is 3.26. The van der Waals surface area contributed by atoms with Gasteiger partial charge in [0.25, 0.3) is 0 Å². The lowest BCUT2D eigenvalue weighted by Crippen LogP contribution is -2.64. The van der Waals surface area contributed by atoms with Crippen LogP contribution in [-0.4, -0.2) is 18.7 Å². The largest absolute Gasteiger partial charge is 0.487 e. The Morgan fingerprint density at radius 3 is 2.67 bits per heavy atom. The molecule has 2 nitrogen and oxygen atoms in total. The first-order chi connectivity index (χ1) is 10.1. The van der Waals surface area contributed by atoms with Gasteiger partial charge in [-0.3, -0.25) is 0 Å². The van der Waals surface area contributed by atoms with Crippen LogP contribution < -0.4 is 10.1 Å². The lowest BCUT2D eigenvalue weighted by atomic mass is 9.58. The van der Waals surface area contributed by atoms with Gasteiger partial charge in [-0.25, -0.2) is 4.39 Å². The molecule has 0 aromatic heterocycles. The minimum atomic E-state index is -0.288. The highest BCUT2D eigenvalue weighted by molar-refractivity contribution is 9.10. The standard InChI is InChI=1S/C17H25BrFNO/c1-4-9-20-15-11-16(17(15,5-2)6-3)21-14-10-12(18)7-8-13(14)19/h7-8,10,15-16,20H,4-6,9,11H2,1-3H3. The molecule has 21 heavy (non-hydrogen) atoms. The van der Waals surface area contributed by atoms with Crippen molar-refractivity contribution in [3.05, 3.63) is 28.5 Å². The smallest absolute Gasteiger partial charge is 0.165 e. The quantitative estimate of drug-likeness (QED) is 0.748. The first-order valence-electron chi connectivity index (χ1n) is 7.92. The Bertz CT molecular complexity index is 476. The van der Waals surface area contributed by atoms with E-state index in [-0.39, 0.29) is 17.3 Å². The zero-order valence-corrected chi connectivity index (χ0v) is 14.7. The molecule has 1 N–H and O–H groups in total. The Balaban J connectivity index is 2.11. The van der Waals surface area contributed by atoms with Crippen LogP contribution in [0.2, 0.25) is 0 Å². The minimum absolute atomic E-state index is 0.0886. The molecule has 0 heterocycles. The number of hydrogen-bond acceptors (Lipinski definition) is 2. The lowest BCUT2D eigenvalue weighted by Gasteiger charge is -2.55. The van der Waals surface area contributed by atoms with E-state index in [0.717, 1.165) is 36.7 Å². The van der Waals surface area contributed by atoms with Crippen molar-refractivity contribution < 1.29 is 9.13 Å². The predicted molar refractivity (Wildman–Crippen MR) is 88.2 cm³/mol. The number of nitrogens with one attached hydrogen (secondary N) is 1. The van der Waals surface area contributed by atoms with Crippen molar-refractivity contribution in [1.82, 2.24) is 5.32 Å². The Morgan fingerprint density at radius 1 is 1.33 bits per heavy atom. The van der Waals surface area contributed by atoms with E-state index in [4.69, 9.17) is 4.74 Å². The van der Waals surface area contributed by atoms with Gasteiger partial charge in [0.05, 0.1) is 0 Å². The summed E-state index contributed by atoms with van der Waals surface area (Å²) in [6.07, 6.45) is 4.26. The SMILES string of the molecule is CCCNC1CC(Oc2cc(Br)ccc2F)C1(CC)CC. The summed E-state index contributed by atoms with van der Waals surface area (Å²) in [4.78, 5) is 0. The van der Waals surface area contributed by atoms with Gasteiger partial charge < -0.3 is 10.1 Å². The van der Waals surface area contributed by atoms with E-state index in [1.165, 1.54) is 6.07 Å². The maximum absolute atomic E-state index is 13.9. The summed E-state index contributed by atoms with van der Waals surface area (Å²) in [6.45, 7) is 7.62. The van der Waals surface area contributed by atoms with Crippen LogP contribution in [0, 0.1) is 11.2 Å². The van der Waals surface area contributed by atoms with E-state index in [9.17, 15) is 4.39 Å². The highest BCUT2D eigenvalue weighted by atomic mass is 79.9. The fourth-order valence-corrected chi connectivity index (χ4v) is 3.78. The summed E-state index contributed by atoms with van der Waals surface area (Å²) in [5.41, 5.74) is 0.115. The van der Waals surface area contributed by atoms with Crippen LogP contribution in [-0.2, 0) is 0 Å². The van der Waals surface area contributed by atoms with Crippen molar-refractivity contribution in [2.75, 3.05) is 6.54 Å². The number of benzene rings is 1. The van der Waals surface area contributed by atoms with Crippen LogP contribution in [0.15, 0.2) is 22.7 Å². The topological polar surface area (TPSA) is 21.3 Å². The molecule has 2 rings (SSSR count). The third-order valence-electron chi connectivity index (χ3n) is 4.90. The van der Waals surface area contributed by atoms with Crippen LogP contribution in [0.25, 0.3) is 0 Å². The molecule has 0 radical (unpaired) electrons. The first kappa shape index (κ1) is 16.8. The Hall–Kier alpha value is -0.610. The van der Waals surface area contributed by atoms with E-state index in [1.54, 1.807) is 12.1 Å². The van der Waals surface area contributed by atoms with Crippen molar-refractivity contribution in [3.63, 3.8) is 0 Å². The molecule has 2 atom stereocenters. The van der Waals surface area contributed by atoms with Crippen LogP contribution in [0.5, 0.6) is 5.75 Å². The maximum Gasteiger partial charge on any atom is 0.165 e. The number of ether oxygens (including phenoxy) is 1. The normalized spacial score (nSPS) is 23.7. The van der Waals surface area contributed by atoms with E-state index in [0.29, 0.717) is 11.8 Å². The average Bonchev–Trinajstić information content (AvgIpc) is 2.47. The highest BCUT2D eigenvalue weighted by Gasteiger charge is 2.54. The van der Waals surface area contributed by atoms with Gasteiger partial charge in [-0.05, 0) is 44.0 Å². The molecule has 0 aliphatic heterocycles. The summed E-state index contributed by atoms with van der Waals surface area (Å²) >= 11 is 3.38. The van der Waals surface area contributed by atoms with Crippen LogP contribution >= 0.6 is 15.9 Å². The van der Waals surface area contributed by atoms with Gasteiger partial charge in [0.15, 0.2) is 11.6 Å². The molecular weight excluding hydrogens is 333 g/mol. The van der Waals surface area contributed by atoms with Gasteiger partial charge in [0.2, 0.25) is 0 Å². The molecule has 0 bridgehead atoms. The van der Waals surface area contributed by atoms with Gasteiger partial charge in [0.1, 0.15) is 6.10 Å². The zero-order valence-electron chi connectivity index (χ0n) is 13.1. The molecule has 1 aromatic carbocycles. The number of rotatable bonds is 7. The lowest BCUT2D eigenvalue weighted by molar-refractivity contribution is -0.0872. The van der Waals surface area contributed by atoms with E-state index < -0.39 is 0 Å². The summed E-state index contributed by atoms with van der Waals surface area (Å²) < 4.78 is 20.8. The molecule has 0 saturated heterocycles. The average molecular weight is 358 g/mol. The second kappa shape index (κ2) is 7.10. The maximum atomic E-state index is 13.9. The fraction of sp³-hybridized carbons (Fsp3) is 0.647. The molecular formula is C17H25BrFNO. The zero-order chi connectivity index (χ0) is 15.5. The van der Waals surface area contributed by atoms with Crippen molar-refractivity contribution in [3.8, 4) is 5.75 Å². The van der Waals surface area contributed by atoms with Crippen molar-refractivity contribution in [2.45, 2.75) is 58.6 Å². The molecule has 0 amide bonds. The van der Waals surface area contributed by atoms with Crippen LogP contribution in [0.4, 0.5) is 4.39 Å². The fourth-order valence-electron chi connectivity index (χ4n) is 3.44. The Labute approximate surface area is 135 Å². The van der Waals surface area contributed by atoms with Crippen molar-refractivity contribution >= 4 is 15.9 Å². The van der Waals surface area contributed by atoms with Gasteiger partial charge in [-0.2, -0.15) is 0 Å². The van der Waals surface area contributed by atoms with Gasteiger partial charge in [-0.1, -0.05) is 36.7 Å². The van der Waals surface area contributed by atoms with Crippen LogP contribution in [0.3, 0.4) is 0 Å². The first-order valence-corrected chi connectivity index (χ1v) is 8.71. The van der Waals surface area contributed by atoms with Gasteiger partial charge >= 0.3 is 0 Å². The molecule has 1 aromatic rings. The molecule has 2 unspecified atom stereocenters. The molecule has 118 valence electrons. The minimum Gasteiger partial charge on any atom is -0.487 e. The summed E-state index contributed by atoms with van der Waals surface area (Å²) in [5.74, 6) is 0.0684. The van der Waals surface area contributed by atoms with Crippen molar-refractivity contribution in [2.24, 2.45) is 5.41 Å². The molecule has 0 spiro atoms. The number of halogens is 2. The van der Waals surface area contributed by atoms with Crippen molar-refractivity contribution in [1.29, 1.82) is 0 Å². The summed E-state index contributed by atoms with van der Waals surface area (Å²) in [5, 5.41) is 3.62. The van der Waals surface area contributed by atoms with E-state index >= 15 is 0 Å². The summed E-state index contributed by atoms with van der Waals surface area (Å²) in [6, 6.07) is 5.34. The molecule has 4 heteroatoms. The molecule has 1 saturated carbocycles. The molecule has 1 aliphatic carbocycles. The Kier molecular flexibility index (Phi) is 5.67. The van der Waals surface area contributed by atoms with E-state index in [1.807, 2.05) is 0 Å². The van der Waals surface area contributed by atoms with Crippen LogP contribution in [0.1, 0.15) is 46.5 Å². The van der Waals surface area contributed by atoms with Gasteiger partial charge in [-0.15, -0.1) is 0 Å². The monoisotopic (exact) mass is 357 g/mol. The van der Waals surface area contributed by atoms with E-state index in [2.05, 4.69) is 42.0 Å². The highest BCUT2D eigenvalue weighted by Crippen LogP contribution is 2.49.